The van der Waals surface area contributed by atoms with E-state index in [4.69, 9.17) is 0 Å². The Balaban J connectivity index is 1.50. The van der Waals surface area contributed by atoms with Crippen molar-refractivity contribution in [2.45, 2.75) is 19.0 Å². The molecule has 0 fully saturated rings. The van der Waals surface area contributed by atoms with Crippen LogP contribution in [-0.4, -0.2) is 35.8 Å². The van der Waals surface area contributed by atoms with Gasteiger partial charge < -0.3 is 4.90 Å². The number of carbonyl (C=O) groups excluding carboxylic acids is 1. The first-order valence-corrected chi connectivity index (χ1v) is 10.8. The number of amides is 1. The van der Waals surface area contributed by atoms with E-state index < -0.39 is 11.6 Å². The number of likely N-dealkylation sites (N-methyl/N-ethyl adjacent to an activating group) is 1. The summed E-state index contributed by atoms with van der Waals surface area (Å²) in [5.74, 6) is -1.17. The molecule has 3 aromatic rings. The molecule has 3 heterocycles. The van der Waals surface area contributed by atoms with Gasteiger partial charge in [0.05, 0.1) is 12.6 Å². The van der Waals surface area contributed by atoms with E-state index in [1.165, 1.54) is 22.6 Å². The Morgan fingerprint density at radius 1 is 1.21 bits per heavy atom. The molecule has 28 heavy (non-hydrogen) atoms. The summed E-state index contributed by atoms with van der Waals surface area (Å²) in [5, 5.41) is 4.12. The molecule has 2 aromatic heterocycles. The third-order valence-corrected chi connectivity index (χ3v) is 6.88. The molecule has 1 amide bonds. The second-order valence-electron chi connectivity index (χ2n) is 6.96. The van der Waals surface area contributed by atoms with Crippen molar-refractivity contribution in [1.82, 2.24) is 9.80 Å². The predicted octanol–water partition coefficient (Wildman–Crippen LogP) is 4.69. The van der Waals surface area contributed by atoms with Crippen LogP contribution in [0.15, 0.2) is 47.2 Å². The summed E-state index contributed by atoms with van der Waals surface area (Å²) in [5.41, 5.74) is 1.59. The topological polar surface area (TPSA) is 23.6 Å². The summed E-state index contributed by atoms with van der Waals surface area (Å²) in [6, 6.07) is 9.68. The summed E-state index contributed by atoms with van der Waals surface area (Å²) in [6.45, 7) is 1.10. The summed E-state index contributed by atoms with van der Waals surface area (Å²) in [7, 11) is 1.78. The minimum absolute atomic E-state index is 0.0141. The van der Waals surface area contributed by atoms with Crippen molar-refractivity contribution in [2.75, 3.05) is 20.1 Å². The van der Waals surface area contributed by atoms with E-state index in [0.29, 0.717) is 12.1 Å². The van der Waals surface area contributed by atoms with Crippen molar-refractivity contribution in [2.24, 2.45) is 0 Å². The fourth-order valence-electron chi connectivity index (χ4n) is 3.66. The summed E-state index contributed by atoms with van der Waals surface area (Å²) in [4.78, 5) is 19.3. The number of hydrogen-bond donors (Lipinski definition) is 0. The van der Waals surface area contributed by atoms with Crippen molar-refractivity contribution in [3.05, 3.63) is 79.7 Å². The molecule has 0 bridgehead atoms. The van der Waals surface area contributed by atoms with Crippen LogP contribution in [0.1, 0.15) is 26.9 Å². The van der Waals surface area contributed by atoms with E-state index in [0.717, 1.165) is 17.4 Å². The van der Waals surface area contributed by atoms with E-state index in [2.05, 4.69) is 17.5 Å². The molecule has 1 aliphatic rings. The first-order chi connectivity index (χ1) is 13.5. The van der Waals surface area contributed by atoms with E-state index in [-0.39, 0.29) is 25.0 Å². The normalized spacial score (nSPS) is 16.4. The van der Waals surface area contributed by atoms with Crippen molar-refractivity contribution in [1.29, 1.82) is 0 Å². The molecule has 0 radical (unpaired) electrons. The largest absolute Gasteiger partial charge is 0.329 e. The highest BCUT2D eigenvalue weighted by molar-refractivity contribution is 7.10. The van der Waals surface area contributed by atoms with Crippen LogP contribution in [-0.2, 0) is 17.8 Å². The van der Waals surface area contributed by atoms with Crippen LogP contribution in [0, 0.1) is 11.6 Å². The third kappa shape index (κ3) is 3.87. The smallest absolute Gasteiger partial charge is 0.237 e. The van der Waals surface area contributed by atoms with Crippen molar-refractivity contribution in [3.8, 4) is 0 Å². The van der Waals surface area contributed by atoms with Crippen molar-refractivity contribution >= 4 is 28.6 Å². The molecule has 1 unspecified atom stereocenters. The SMILES string of the molecule is CN(CC(=O)N1CCc2sccc2C1c1cccs1)Cc1ccc(F)cc1F. The number of fused-ring (bicyclic) bond motifs is 1. The Bertz CT molecular complexity index is 971. The Labute approximate surface area is 170 Å². The lowest BCUT2D eigenvalue weighted by molar-refractivity contribution is -0.134. The highest BCUT2D eigenvalue weighted by Crippen LogP contribution is 2.39. The second-order valence-corrected chi connectivity index (χ2v) is 8.94. The molecule has 3 nitrogen and oxygen atoms in total. The zero-order valence-electron chi connectivity index (χ0n) is 15.4. The van der Waals surface area contributed by atoms with Crippen LogP contribution in [0.4, 0.5) is 8.78 Å². The summed E-state index contributed by atoms with van der Waals surface area (Å²) in [6.07, 6.45) is 0.858. The molecule has 0 aliphatic carbocycles. The lowest BCUT2D eigenvalue weighted by Gasteiger charge is -2.36. The summed E-state index contributed by atoms with van der Waals surface area (Å²) >= 11 is 3.40. The van der Waals surface area contributed by atoms with Gasteiger partial charge in [0.15, 0.2) is 0 Å². The van der Waals surface area contributed by atoms with Gasteiger partial charge in [-0.25, -0.2) is 8.78 Å². The molecule has 146 valence electrons. The molecule has 0 N–H and O–H groups in total. The van der Waals surface area contributed by atoms with E-state index in [1.807, 2.05) is 16.3 Å². The minimum atomic E-state index is -0.598. The van der Waals surface area contributed by atoms with Crippen LogP contribution >= 0.6 is 22.7 Å². The quantitative estimate of drug-likeness (QED) is 0.600. The minimum Gasteiger partial charge on any atom is -0.329 e. The van der Waals surface area contributed by atoms with Crippen molar-refractivity contribution in [3.63, 3.8) is 0 Å². The van der Waals surface area contributed by atoms with E-state index >= 15 is 0 Å². The number of carbonyl (C=O) groups is 1. The number of rotatable bonds is 5. The lowest BCUT2D eigenvalue weighted by Crippen LogP contribution is -2.44. The average Bonchev–Trinajstić information content (AvgIpc) is 3.34. The van der Waals surface area contributed by atoms with Crippen LogP contribution < -0.4 is 0 Å². The van der Waals surface area contributed by atoms with Gasteiger partial charge >= 0.3 is 0 Å². The fourth-order valence-corrected chi connectivity index (χ4v) is 5.42. The van der Waals surface area contributed by atoms with Gasteiger partial charge in [-0.1, -0.05) is 12.1 Å². The van der Waals surface area contributed by atoms with E-state index in [1.54, 1.807) is 34.6 Å². The van der Waals surface area contributed by atoms with Gasteiger partial charge in [-0.3, -0.25) is 9.69 Å². The van der Waals surface area contributed by atoms with E-state index in [9.17, 15) is 13.6 Å². The summed E-state index contributed by atoms with van der Waals surface area (Å²) < 4.78 is 27.0. The Morgan fingerprint density at radius 2 is 2.07 bits per heavy atom. The Hall–Kier alpha value is -2.09. The second kappa shape index (κ2) is 8.11. The molecule has 4 rings (SSSR count). The molecule has 0 spiro atoms. The maximum absolute atomic E-state index is 13.9. The van der Waals surface area contributed by atoms with Crippen LogP contribution in [0.2, 0.25) is 0 Å². The van der Waals surface area contributed by atoms with Crippen LogP contribution in [0.5, 0.6) is 0 Å². The standard InChI is InChI=1S/C21H20F2N2OS2/c1-24(12-14-4-5-15(22)11-17(14)23)13-20(26)25-8-6-18-16(7-10-28-18)21(25)19-3-2-9-27-19/h2-5,7,9-11,21H,6,8,12-13H2,1H3. The van der Waals surface area contributed by atoms with Gasteiger partial charge in [0.1, 0.15) is 11.6 Å². The van der Waals surface area contributed by atoms with Crippen LogP contribution in [0.3, 0.4) is 0 Å². The first-order valence-electron chi connectivity index (χ1n) is 9.04. The maximum atomic E-state index is 13.9. The van der Waals surface area contributed by atoms with Gasteiger partial charge in [-0.05, 0) is 48.0 Å². The first kappa shape index (κ1) is 19.2. The Kier molecular flexibility index (Phi) is 5.57. The fraction of sp³-hybridized carbons (Fsp3) is 0.286. The third-order valence-electron chi connectivity index (χ3n) is 4.96. The van der Waals surface area contributed by atoms with Crippen LogP contribution in [0.25, 0.3) is 0 Å². The van der Waals surface area contributed by atoms with Gasteiger partial charge in [0.2, 0.25) is 5.91 Å². The molecule has 1 aliphatic heterocycles. The number of nitrogens with zero attached hydrogens (tertiary/aromatic N) is 2. The number of thiophene rings is 2. The van der Waals surface area contributed by atoms with Gasteiger partial charge in [-0.2, -0.15) is 0 Å². The number of benzene rings is 1. The highest BCUT2D eigenvalue weighted by Gasteiger charge is 2.33. The average molecular weight is 419 g/mol. The van der Waals surface area contributed by atoms with Crippen molar-refractivity contribution < 1.29 is 13.6 Å². The molecule has 1 aromatic carbocycles. The van der Waals surface area contributed by atoms with Gasteiger partial charge in [0, 0.05) is 34.5 Å². The maximum Gasteiger partial charge on any atom is 0.237 e. The number of hydrogen-bond acceptors (Lipinski definition) is 4. The zero-order chi connectivity index (χ0) is 19.7. The molecule has 0 saturated heterocycles. The Morgan fingerprint density at radius 3 is 2.82 bits per heavy atom. The molecule has 0 saturated carbocycles. The highest BCUT2D eigenvalue weighted by atomic mass is 32.1. The zero-order valence-corrected chi connectivity index (χ0v) is 17.0. The monoisotopic (exact) mass is 418 g/mol. The van der Waals surface area contributed by atoms with Gasteiger partial charge in [0.25, 0.3) is 0 Å². The molecular formula is C21H20F2N2OS2. The number of halogens is 2. The van der Waals surface area contributed by atoms with Gasteiger partial charge in [-0.15, -0.1) is 22.7 Å². The predicted molar refractivity (Wildman–Crippen MR) is 109 cm³/mol. The molecule has 7 heteroatoms. The molecule has 1 atom stereocenters. The molecular weight excluding hydrogens is 398 g/mol. The lowest BCUT2D eigenvalue weighted by atomic mass is 9.98.